The van der Waals surface area contributed by atoms with E-state index in [1.165, 1.54) is 6.07 Å². The highest BCUT2D eigenvalue weighted by molar-refractivity contribution is 6.31. The first-order valence-electron chi connectivity index (χ1n) is 6.26. The average Bonchev–Trinajstić information content (AvgIpc) is 2.40. The van der Waals surface area contributed by atoms with Gasteiger partial charge >= 0.3 is 6.18 Å². The Morgan fingerprint density at radius 1 is 1.14 bits per heavy atom. The Morgan fingerprint density at radius 3 is 2.38 bits per heavy atom. The molecule has 21 heavy (non-hydrogen) atoms. The number of halogens is 4. The molecule has 0 spiro atoms. The van der Waals surface area contributed by atoms with Crippen LogP contribution in [-0.4, -0.2) is 0 Å². The summed E-state index contributed by atoms with van der Waals surface area (Å²) in [5, 5.41) is 3.66. The number of nitrogen functional groups attached to an aromatic ring is 1. The van der Waals surface area contributed by atoms with Crippen LogP contribution >= 0.6 is 11.6 Å². The van der Waals surface area contributed by atoms with E-state index < -0.39 is 11.7 Å². The third-order valence-electron chi connectivity index (χ3n) is 3.12. The van der Waals surface area contributed by atoms with Crippen molar-refractivity contribution in [3.05, 3.63) is 58.6 Å². The standard InChI is InChI=1S/C15H14ClF3N2/c1-9(11-4-2-3-5-12(11)16)21-14-7-6-10(8-13(14)20)15(17,18)19/h2-9,21H,20H2,1H3. The second kappa shape index (κ2) is 5.85. The number of alkyl halides is 3. The number of hydrogen-bond donors (Lipinski definition) is 2. The molecule has 3 N–H and O–H groups in total. The SMILES string of the molecule is CC(Nc1ccc(C(F)(F)F)cc1N)c1ccccc1Cl. The molecular weight excluding hydrogens is 301 g/mol. The van der Waals surface area contributed by atoms with E-state index >= 15 is 0 Å². The van der Waals surface area contributed by atoms with E-state index in [1.54, 1.807) is 6.07 Å². The quantitative estimate of drug-likeness (QED) is 0.772. The molecule has 1 atom stereocenters. The number of rotatable bonds is 3. The van der Waals surface area contributed by atoms with Crippen molar-refractivity contribution in [1.29, 1.82) is 0 Å². The van der Waals surface area contributed by atoms with Gasteiger partial charge in [0.05, 0.1) is 23.0 Å². The predicted octanol–water partition coefficient (Wildman–Crippen LogP) is 5.11. The summed E-state index contributed by atoms with van der Waals surface area (Å²) in [6.07, 6.45) is -4.40. The molecule has 112 valence electrons. The van der Waals surface area contributed by atoms with E-state index in [0.29, 0.717) is 10.7 Å². The van der Waals surface area contributed by atoms with Gasteiger partial charge in [0, 0.05) is 5.02 Å². The number of nitrogens with two attached hydrogens (primary N) is 1. The van der Waals surface area contributed by atoms with Gasteiger partial charge < -0.3 is 11.1 Å². The zero-order valence-electron chi connectivity index (χ0n) is 11.2. The van der Waals surface area contributed by atoms with Crippen molar-refractivity contribution in [2.24, 2.45) is 0 Å². The van der Waals surface area contributed by atoms with Crippen molar-refractivity contribution in [3.8, 4) is 0 Å². The van der Waals surface area contributed by atoms with Crippen LogP contribution < -0.4 is 11.1 Å². The van der Waals surface area contributed by atoms with Gasteiger partial charge in [0.25, 0.3) is 0 Å². The first-order valence-corrected chi connectivity index (χ1v) is 6.64. The highest BCUT2D eigenvalue weighted by atomic mass is 35.5. The van der Waals surface area contributed by atoms with Crippen LogP contribution in [0.25, 0.3) is 0 Å². The second-order valence-corrected chi connectivity index (χ2v) is 5.09. The minimum Gasteiger partial charge on any atom is -0.397 e. The molecule has 0 bridgehead atoms. The lowest BCUT2D eigenvalue weighted by Gasteiger charge is -2.19. The fraction of sp³-hybridized carbons (Fsp3) is 0.200. The van der Waals surface area contributed by atoms with Crippen LogP contribution in [-0.2, 0) is 6.18 Å². The molecule has 0 radical (unpaired) electrons. The van der Waals surface area contributed by atoms with Crippen molar-refractivity contribution in [3.63, 3.8) is 0 Å². The third kappa shape index (κ3) is 3.61. The molecule has 2 aromatic rings. The second-order valence-electron chi connectivity index (χ2n) is 4.69. The number of benzene rings is 2. The molecule has 0 fully saturated rings. The van der Waals surface area contributed by atoms with Crippen molar-refractivity contribution in [2.75, 3.05) is 11.1 Å². The normalized spacial score (nSPS) is 13.0. The van der Waals surface area contributed by atoms with Crippen LogP contribution in [0.5, 0.6) is 0 Å². The zero-order chi connectivity index (χ0) is 15.6. The van der Waals surface area contributed by atoms with E-state index in [-0.39, 0.29) is 11.7 Å². The van der Waals surface area contributed by atoms with E-state index in [0.717, 1.165) is 17.7 Å². The largest absolute Gasteiger partial charge is 0.416 e. The Morgan fingerprint density at radius 2 is 1.81 bits per heavy atom. The fourth-order valence-corrected chi connectivity index (χ4v) is 2.31. The maximum atomic E-state index is 12.6. The summed E-state index contributed by atoms with van der Waals surface area (Å²) < 4.78 is 37.8. The Hall–Kier alpha value is -1.88. The molecule has 1 unspecified atom stereocenters. The van der Waals surface area contributed by atoms with Gasteiger partial charge in [0.1, 0.15) is 0 Å². The summed E-state index contributed by atoms with van der Waals surface area (Å²) in [5.41, 5.74) is 6.25. The highest BCUT2D eigenvalue weighted by Crippen LogP contribution is 2.34. The van der Waals surface area contributed by atoms with Crippen molar-refractivity contribution in [1.82, 2.24) is 0 Å². The van der Waals surface area contributed by atoms with Crippen LogP contribution in [0.3, 0.4) is 0 Å². The summed E-state index contributed by atoms with van der Waals surface area (Å²) in [6, 6.07) is 10.3. The third-order valence-corrected chi connectivity index (χ3v) is 3.47. The molecule has 0 aliphatic heterocycles. The van der Waals surface area contributed by atoms with Gasteiger partial charge in [0.2, 0.25) is 0 Å². The molecule has 2 nitrogen and oxygen atoms in total. The van der Waals surface area contributed by atoms with Crippen LogP contribution in [0, 0.1) is 0 Å². The van der Waals surface area contributed by atoms with Gasteiger partial charge in [-0.25, -0.2) is 0 Å². The van der Waals surface area contributed by atoms with Crippen molar-refractivity contribution >= 4 is 23.0 Å². The van der Waals surface area contributed by atoms with Crippen LogP contribution in [0.2, 0.25) is 5.02 Å². The molecular formula is C15H14ClF3N2. The van der Waals surface area contributed by atoms with Crippen molar-refractivity contribution in [2.45, 2.75) is 19.1 Å². The number of nitrogens with one attached hydrogen (secondary N) is 1. The molecule has 0 amide bonds. The summed E-state index contributed by atoms with van der Waals surface area (Å²) in [7, 11) is 0. The minimum atomic E-state index is -4.40. The molecule has 0 heterocycles. The van der Waals surface area contributed by atoms with Crippen LogP contribution in [0.4, 0.5) is 24.5 Å². The van der Waals surface area contributed by atoms with Gasteiger partial charge in [-0.1, -0.05) is 29.8 Å². The monoisotopic (exact) mass is 314 g/mol. The van der Waals surface area contributed by atoms with E-state index in [9.17, 15) is 13.2 Å². The number of hydrogen-bond acceptors (Lipinski definition) is 2. The Labute approximate surface area is 125 Å². The zero-order valence-corrected chi connectivity index (χ0v) is 12.0. The molecule has 2 aromatic carbocycles. The molecule has 0 aliphatic carbocycles. The summed E-state index contributed by atoms with van der Waals surface area (Å²) in [6.45, 7) is 1.86. The first-order chi connectivity index (χ1) is 9.79. The average molecular weight is 315 g/mol. The number of anilines is 2. The Kier molecular flexibility index (Phi) is 4.32. The van der Waals surface area contributed by atoms with Crippen molar-refractivity contribution < 1.29 is 13.2 Å². The minimum absolute atomic E-state index is 0.0451. The summed E-state index contributed by atoms with van der Waals surface area (Å²) >= 11 is 6.09. The smallest absolute Gasteiger partial charge is 0.397 e. The predicted molar refractivity (Wildman–Crippen MR) is 79.3 cm³/mol. The Bertz CT molecular complexity index is 641. The molecule has 0 saturated heterocycles. The van der Waals surface area contributed by atoms with Gasteiger partial charge in [-0.15, -0.1) is 0 Å². The Balaban J connectivity index is 2.23. The molecule has 2 rings (SSSR count). The van der Waals surface area contributed by atoms with Gasteiger partial charge in [-0.05, 0) is 36.8 Å². The van der Waals surface area contributed by atoms with Gasteiger partial charge in [0.15, 0.2) is 0 Å². The lowest BCUT2D eigenvalue weighted by atomic mass is 10.1. The maximum absolute atomic E-state index is 12.6. The molecule has 6 heteroatoms. The maximum Gasteiger partial charge on any atom is 0.416 e. The van der Waals surface area contributed by atoms with E-state index in [1.807, 2.05) is 25.1 Å². The van der Waals surface area contributed by atoms with Gasteiger partial charge in [-0.2, -0.15) is 13.2 Å². The van der Waals surface area contributed by atoms with Crippen LogP contribution in [0.1, 0.15) is 24.1 Å². The molecule has 0 aliphatic rings. The molecule has 0 saturated carbocycles. The van der Waals surface area contributed by atoms with E-state index in [2.05, 4.69) is 5.32 Å². The van der Waals surface area contributed by atoms with Gasteiger partial charge in [-0.3, -0.25) is 0 Å². The lowest BCUT2D eigenvalue weighted by Crippen LogP contribution is -2.11. The van der Waals surface area contributed by atoms with E-state index in [4.69, 9.17) is 17.3 Å². The summed E-state index contributed by atoms with van der Waals surface area (Å²) in [4.78, 5) is 0. The fourth-order valence-electron chi connectivity index (χ4n) is 2.01. The summed E-state index contributed by atoms with van der Waals surface area (Å²) in [5.74, 6) is 0. The highest BCUT2D eigenvalue weighted by Gasteiger charge is 2.30. The first kappa shape index (κ1) is 15.5. The molecule has 0 aromatic heterocycles. The lowest BCUT2D eigenvalue weighted by molar-refractivity contribution is -0.137. The topological polar surface area (TPSA) is 38.0 Å². The van der Waals surface area contributed by atoms with Crippen LogP contribution in [0.15, 0.2) is 42.5 Å².